The van der Waals surface area contributed by atoms with Crippen LogP contribution in [0.4, 0.5) is 5.69 Å². The Bertz CT molecular complexity index is 955. The number of carbonyl (C=O) groups excluding carboxylic acids is 3. The number of nitrogens with one attached hydrogen (secondary N) is 2. The van der Waals surface area contributed by atoms with Gasteiger partial charge < -0.3 is 15.2 Å². The van der Waals surface area contributed by atoms with E-state index >= 15 is 0 Å². The van der Waals surface area contributed by atoms with E-state index in [0.717, 1.165) is 24.2 Å². The number of hydrazone groups is 1. The maximum absolute atomic E-state index is 12.4. The van der Waals surface area contributed by atoms with Gasteiger partial charge in [-0.15, -0.1) is 0 Å². The van der Waals surface area contributed by atoms with Crippen molar-refractivity contribution in [2.75, 3.05) is 17.9 Å². The largest absolute Gasteiger partial charge is 0.478 e. The van der Waals surface area contributed by atoms with Gasteiger partial charge in [-0.3, -0.25) is 20.0 Å². The molecular formula is C20H24N4O6S. The standard InChI is InChI=1S/C20H24N4O6S/c1-6-30-20(29)17(12(3)21-5)31-10-22-18(26)16(13(4)25)24-23-15-9-11(2)7-8-14(15)19(27)28/h7-9,23H,5-6,10H2,1-4H3,(H,22,26)(H,27,28)/b17-12-,24-16+. The van der Waals surface area contributed by atoms with Gasteiger partial charge in [-0.25, -0.2) is 9.59 Å². The SMILES string of the molecule is C=N/C(C)=C(\SCNC(=O)/C(=N/Nc1cc(C)ccc1C(=O)O)C(C)=O)C(=O)OCC. The average Bonchev–Trinajstić information content (AvgIpc) is 2.70. The summed E-state index contributed by atoms with van der Waals surface area (Å²) in [4.78, 5) is 51.5. The molecule has 0 fully saturated rings. The first-order chi connectivity index (χ1) is 14.6. The molecule has 0 unspecified atom stereocenters. The van der Waals surface area contributed by atoms with E-state index in [1.54, 1.807) is 26.8 Å². The number of allylic oxidation sites excluding steroid dienone is 1. The molecule has 0 aliphatic rings. The van der Waals surface area contributed by atoms with Gasteiger partial charge in [-0.1, -0.05) is 17.8 Å². The van der Waals surface area contributed by atoms with Gasteiger partial charge in [0, 0.05) is 6.92 Å². The van der Waals surface area contributed by atoms with E-state index in [-0.39, 0.29) is 28.6 Å². The van der Waals surface area contributed by atoms with Gasteiger partial charge in [0.05, 0.1) is 29.4 Å². The third-order valence-electron chi connectivity index (χ3n) is 3.72. The van der Waals surface area contributed by atoms with Crippen molar-refractivity contribution in [3.8, 4) is 0 Å². The average molecular weight is 449 g/mol. The van der Waals surface area contributed by atoms with Gasteiger partial charge in [0.1, 0.15) is 4.91 Å². The summed E-state index contributed by atoms with van der Waals surface area (Å²) >= 11 is 0.957. The lowest BCUT2D eigenvalue weighted by Gasteiger charge is -2.10. The smallest absolute Gasteiger partial charge is 0.346 e. The molecule has 0 aliphatic heterocycles. The zero-order valence-corrected chi connectivity index (χ0v) is 18.5. The molecule has 1 aromatic carbocycles. The summed E-state index contributed by atoms with van der Waals surface area (Å²) in [6.45, 7) is 9.67. The Kier molecular flexibility index (Phi) is 10.1. The maximum atomic E-state index is 12.4. The number of aliphatic imine (C=N–C) groups is 1. The lowest BCUT2D eigenvalue weighted by atomic mass is 10.1. The van der Waals surface area contributed by atoms with Crippen molar-refractivity contribution >= 4 is 53.5 Å². The minimum atomic E-state index is -1.19. The first-order valence-electron chi connectivity index (χ1n) is 9.06. The van der Waals surface area contributed by atoms with Crippen LogP contribution in [0.5, 0.6) is 0 Å². The predicted molar refractivity (Wildman–Crippen MR) is 119 cm³/mol. The van der Waals surface area contributed by atoms with Gasteiger partial charge in [0.25, 0.3) is 5.91 Å². The quantitative estimate of drug-likeness (QED) is 0.117. The van der Waals surface area contributed by atoms with E-state index in [0.29, 0.717) is 5.70 Å². The van der Waals surface area contributed by atoms with Crippen LogP contribution >= 0.6 is 11.8 Å². The fourth-order valence-electron chi connectivity index (χ4n) is 2.18. The molecular weight excluding hydrogens is 424 g/mol. The number of carboxylic acids is 1. The molecule has 166 valence electrons. The van der Waals surface area contributed by atoms with E-state index in [1.165, 1.54) is 12.1 Å². The highest BCUT2D eigenvalue weighted by Crippen LogP contribution is 2.21. The summed E-state index contributed by atoms with van der Waals surface area (Å²) in [6, 6.07) is 4.53. The minimum absolute atomic E-state index is 0.0650. The number of carboxylic acid groups (broad SMARTS) is 1. The number of Topliss-reactive ketones (excluding diaryl/α,β-unsaturated/α-hetero) is 1. The fourth-order valence-corrected chi connectivity index (χ4v) is 2.98. The first-order valence-corrected chi connectivity index (χ1v) is 10.0. The molecule has 0 saturated carbocycles. The van der Waals surface area contributed by atoms with Crippen LogP contribution in [0.15, 0.2) is 38.9 Å². The number of aromatic carboxylic acids is 1. The zero-order chi connectivity index (χ0) is 23.6. The Morgan fingerprint density at radius 1 is 1.23 bits per heavy atom. The normalized spacial score (nSPS) is 11.8. The molecule has 31 heavy (non-hydrogen) atoms. The summed E-state index contributed by atoms with van der Waals surface area (Å²) in [6.07, 6.45) is 0. The number of anilines is 1. The number of rotatable bonds is 11. The van der Waals surface area contributed by atoms with Gasteiger partial charge in [0.15, 0.2) is 11.5 Å². The van der Waals surface area contributed by atoms with E-state index in [2.05, 4.69) is 27.6 Å². The third kappa shape index (κ3) is 7.70. The Labute approximate surface area is 183 Å². The number of hydrogen-bond acceptors (Lipinski definition) is 9. The lowest BCUT2D eigenvalue weighted by molar-refractivity contribution is -0.137. The summed E-state index contributed by atoms with van der Waals surface area (Å²) in [5.41, 5.74) is 3.17. The summed E-state index contributed by atoms with van der Waals surface area (Å²) in [7, 11) is 0. The van der Waals surface area contributed by atoms with Crippen LogP contribution in [0.1, 0.15) is 36.7 Å². The molecule has 1 rings (SSSR count). The second-order valence-electron chi connectivity index (χ2n) is 6.07. The Balaban J connectivity index is 2.95. The number of ether oxygens (including phenoxy) is 1. The molecule has 3 N–H and O–H groups in total. The minimum Gasteiger partial charge on any atom is -0.478 e. The van der Waals surface area contributed by atoms with Crippen LogP contribution in [0.2, 0.25) is 0 Å². The van der Waals surface area contributed by atoms with Crippen LogP contribution in [0.25, 0.3) is 0 Å². The Morgan fingerprint density at radius 2 is 1.90 bits per heavy atom. The summed E-state index contributed by atoms with van der Waals surface area (Å²) < 4.78 is 4.94. The van der Waals surface area contributed by atoms with Crippen LogP contribution in [-0.2, 0) is 19.1 Å². The topological polar surface area (TPSA) is 147 Å². The van der Waals surface area contributed by atoms with Crippen LogP contribution in [0.3, 0.4) is 0 Å². The number of thioether (sulfide) groups is 1. The second-order valence-corrected chi connectivity index (χ2v) is 7.06. The number of benzene rings is 1. The zero-order valence-electron chi connectivity index (χ0n) is 17.6. The Hall–Kier alpha value is -3.47. The summed E-state index contributed by atoms with van der Waals surface area (Å²) in [5, 5.41) is 15.5. The molecule has 0 bridgehead atoms. The number of hydrogen-bond donors (Lipinski definition) is 3. The molecule has 10 nitrogen and oxygen atoms in total. The molecule has 1 amide bonds. The second kappa shape index (κ2) is 12.3. The molecule has 0 atom stereocenters. The lowest BCUT2D eigenvalue weighted by Crippen LogP contribution is -2.35. The monoisotopic (exact) mass is 448 g/mol. The molecule has 0 heterocycles. The van der Waals surface area contributed by atoms with Gasteiger partial charge in [0.2, 0.25) is 0 Å². The van der Waals surface area contributed by atoms with Crippen LogP contribution in [0, 0.1) is 6.92 Å². The highest BCUT2D eigenvalue weighted by atomic mass is 32.2. The number of nitrogens with zero attached hydrogens (tertiary/aromatic N) is 2. The Morgan fingerprint density at radius 3 is 2.45 bits per heavy atom. The summed E-state index contributed by atoms with van der Waals surface area (Å²) in [5.74, 6) is -3.30. The molecule has 0 radical (unpaired) electrons. The first kappa shape index (κ1) is 25.6. The number of aryl methyl sites for hydroxylation is 1. The van der Waals surface area contributed by atoms with Crippen molar-refractivity contribution in [2.24, 2.45) is 10.1 Å². The van der Waals surface area contributed by atoms with Gasteiger partial charge in [-0.05, 0) is 45.2 Å². The maximum Gasteiger partial charge on any atom is 0.346 e. The number of ketones is 1. The molecule has 1 aromatic rings. The highest BCUT2D eigenvalue weighted by molar-refractivity contribution is 8.03. The van der Waals surface area contributed by atoms with Crippen molar-refractivity contribution in [1.29, 1.82) is 0 Å². The van der Waals surface area contributed by atoms with Crippen LogP contribution in [-0.4, -0.2) is 53.6 Å². The van der Waals surface area contributed by atoms with Crippen LogP contribution < -0.4 is 10.7 Å². The number of carbonyl (C=O) groups is 4. The molecule has 0 aliphatic carbocycles. The fraction of sp³-hybridized carbons (Fsp3) is 0.300. The number of amides is 1. The van der Waals surface area contributed by atoms with Crippen molar-refractivity contribution in [3.05, 3.63) is 39.9 Å². The number of esters is 1. The molecule has 11 heteroatoms. The molecule has 0 saturated heterocycles. The van der Waals surface area contributed by atoms with Crippen molar-refractivity contribution in [1.82, 2.24) is 5.32 Å². The van der Waals surface area contributed by atoms with E-state index in [9.17, 15) is 24.3 Å². The van der Waals surface area contributed by atoms with E-state index in [1.807, 2.05) is 0 Å². The van der Waals surface area contributed by atoms with Gasteiger partial charge in [-0.2, -0.15) is 5.10 Å². The molecule has 0 spiro atoms. The highest BCUT2D eigenvalue weighted by Gasteiger charge is 2.20. The van der Waals surface area contributed by atoms with Crippen molar-refractivity contribution < 1.29 is 29.0 Å². The van der Waals surface area contributed by atoms with E-state index in [4.69, 9.17) is 4.74 Å². The predicted octanol–water partition coefficient (Wildman–Crippen LogP) is 2.35. The third-order valence-corrected chi connectivity index (χ3v) is 4.76. The van der Waals surface area contributed by atoms with E-state index < -0.39 is 29.3 Å². The van der Waals surface area contributed by atoms with Gasteiger partial charge >= 0.3 is 11.9 Å². The molecule has 0 aromatic heterocycles. The van der Waals surface area contributed by atoms with Crippen molar-refractivity contribution in [2.45, 2.75) is 27.7 Å². The van der Waals surface area contributed by atoms with Crippen molar-refractivity contribution in [3.63, 3.8) is 0 Å².